The summed E-state index contributed by atoms with van der Waals surface area (Å²) in [6.07, 6.45) is 3.43. The molecule has 2 rings (SSSR count). The minimum absolute atomic E-state index is 0.0219. The van der Waals surface area contributed by atoms with Gasteiger partial charge < -0.3 is 10.2 Å². The van der Waals surface area contributed by atoms with Crippen molar-refractivity contribution in [2.45, 2.75) is 19.3 Å². The summed E-state index contributed by atoms with van der Waals surface area (Å²) in [4.78, 5) is 13.8. The molecule has 0 unspecified atom stereocenters. The first-order valence-corrected chi connectivity index (χ1v) is 5.93. The smallest absolute Gasteiger partial charge is 0.284 e. The molecule has 0 aliphatic carbocycles. The SMILES string of the molecule is CNc1nnc(C(=O)N2CCCCC2)s1. The number of aromatic nitrogens is 2. The van der Waals surface area contributed by atoms with E-state index in [0.29, 0.717) is 10.1 Å². The molecule has 0 radical (unpaired) electrons. The molecule has 0 bridgehead atoms. The maximum absolute atomic E-state index is 11.9. The highest BCUT2D eigenvalue weighted by Crippen LogP contribution is 2.18. The van der Waals surface area contributed by atoms with Crippen LogP contribution in [0.25, 0.3) is 0 Å². The number of piperidine rings is 1. The van der Waals surface area contributed by atoms with E-state index in [0.717, 1.165) is 25.9 Å². The molecule has 1 saturated heterocycles. The number of hydrogen-bond acceptors (Lipinski definition) is 5. The number of nitrogens with zero attached hydrogens (tertiary/aromatic N) is 3. The Labute approximate surface area is 92.5 Å². The van der Waals surface area contributed by atoms with Crippen LogP contribution in [-0.2, 0) is 0 Å². The molecule has 1 amide bonds. The zero-order valence-electron chi connectivity index (χ0n) is 8.69. The topological polar surface area (TPSA) is 58.1 Å². The van der Waals surface area contributed by atoms with Gasteiger partial charge in [0, 0.05) is 20.1 Å². The molecule has 2 heterocycles. The van der Waals surface area contributed by atoms with E-state index in [1.807, 2.05) is 4.90 Å². The zero-order chi connectivity index (χ0) is 10.7. The van der Waals surface area contributed by atoms with E-state index in [4.69, 9.17) is 0 Å². The van der Waals surface area contributed by atoms with E-state index in [1.165, 1.54) is 17.8 Å². The Morgan fingerprint density at radius 2 is 2.07 bits per heavy atom. The van der Waals surface area contributed by atoms with E-state index >= 15 is 0 Å². The predicted molar refractivity (Wildman–Crippen MR) is 59.2 cm³/mol. The van der Waals surface area contributed by atoms with Gasteiger partial charge in [-0.15, -0.1) is 10.2 Å². The number of amides is 1. The summed E-state index contributed by atoms with van der Waals surface area (Å²) >= 11 is 1.31. The quantitative estimate of drug-likeness (QED) is 0.823. The molecule has 1 fully saturated rings. The molecule has 0 atom stereocenters. The monoisotopic (exact) mass is 226 g/mol. The second kappa shape index (κ2) is 4.57. The number of rotatable bonds is 2. The molecule has 15 heavy (non-hydrogen) atoms. The van der Waals surface area contributed by atoms with Crippen LogP contribution in [0.15, 0.2) is 0 Å². The fourth-order valence-electron chi connectivity index (χ4n) is 1.64. The molecule has 1 aromatic rings. The van der Waals surface area contributed by atoms with E-state index < -0.39 is 0 Å². The van der Waals surface area contributed by atoms with E-state index in [2.05, 4.69) is 15.5 Å². The Hall–Kier alpha value is -1.17. The van der Waals surface area contributed by atoms with Gasteiger partial charge >= 0.3 is 0 Å². The maximum atomic E-state index is 11.9. The highest BCUT2D eigenvalue weighted by molar-refractivity contribution is 7.17. The van der Waals surface area contributed by atoms with Crippen LogP contribution < -0.4 is 5.32 Å². The molecule has 6 heteroatoms. The summed E-state index contributed by atoms with van der Waals surface area (Å²) in [5.74, 6) is 0.0219. The number of carbonyl (C=O) groups excluding carboxylic acids is 1. The van der Waals surface area contributed by atoms with Gasteiger partial charge in [-0.05, 0) is 19.3 Å². The molecule has 1 aliphatic heterocycles. The van der Waals surface area contributed by atoms with Gasteiger partial charge in [0.25, 0.3) is 5.91 Å². The second-order valence-electron chi connectivity index (χ2n) is 3.52. The summed E-state index contributed by atoms with van der Waals surface area (Å²) in [6, 6.07) is 0. The van der Waals surface area contributed by atoms with Gasteiger partial charge in [0.2, 0.25) is 10.1 Å². The molecule has 1 aromatic heterocycles. The molecule has 1 aliphatic rings. The third kappa shape index (κ3) is 2.26. The first kappa shape index (κ1) is 10.4. The van der Waals surface area contributed by atoms with Crippen LogP contribution in [0, 0.1) is 0 Å². The average Bonchev–Trinajstić information content (AvgIpc) is 2.78. The lowest BCUT2D eigenvalue weighted by atomic mass is 10.1. The first-order valence-electron chi connectivity index (χ1n) is 5.12. The standard InChI is InChI=1S/C9H14N4OS/c1-10-9-12-11-7(15-9)8(14)13-5-3-2-4-6-13/h2-6H2,1H3,(H,10,12). The molecule has 82 valence electrons. The Bertz CT molecular complexity index is 346. The first-order chi connectivity index (χ1) is 7.31. The molecule has 0 spiro atoms. The van der Waals surface area contributed by atoms with Crippen molar-refractivity contribution in [3.63, 3.8) is 0 Å². The number of likely N-dealkylation sites (tertiary alicyclic amines) is 1. The van der Waals surface area contributed by atoms with E-state index in [9.17, 15) is 4.79 Å². The van der Waals surface area contributed by atoms with E-state index in [1.54, 1.807) is 7.05 Å². The van der Waals surface area contributed by atoms with Gasteiger partial charge in [-0.1, -0.05) is 11.3 Å². The van der Waals surface area contributed by atoms with Crippen molar-refractivity contribution >= 4 is 22.4 Å². The Morgan fingerprint density at radius 1 is 1.33 bits per heavy atom. The van der Waals surface area contributed by atoms with Gasteiger partial charge in [-0.2, -0.15) is 0 Å². The molecule has 5 nitrogen and oxygen atoms in total. The Kier molecular flexibility index (Phi) is 3.15. The maximum Gasteiger partial charge on any atom is 0.284 e. The van der Waals surface area contributed by atoms with Crippen LogP contribution in [0.5, 0.6) is 0 Å². The van der Waals surface area contributed by atoms with Gasteiger partial charge in [0.1, 0.15) is 0 Å². The van der Waals surface area contributed by atoms with Crippen molar-refractivity contribution in [3.05, 3.63) is 5.01 Å². The predicted octanol–water partition coefficient (Wildman–Crippen LogP) is 1.21. The lowest BCUT2D eigenvalue weighted by molar-refractivity contribution is 0.0723. The highest BCUT2D eigenvalue weighted by Gasteiger charge is 2.21. The van der Waals surface area contributed by atoms with Crippen LogP contribution >= 0.6 is 11.3 Å². The summed E-state index contributed by atoms with van der Waals surface area (Å²) in [7, 11) is 1.77. The minimum atomic E-state index is 0.0219. The minimum Gasteiger partial charge on any atom is -0.363 e. The van der Waals surface area contributed by atoms with Crippen molar-refractivity contribution in [2.75, 3.05) is 25.5 Å². The van der Waals surface area contributed by atoms with Gasteiger partial charge in [0.05, 0.1) is 0 Å². The number of hydrogen-bond donors (Lipinski definition) is 1. The molecular formula is C9H14N4OS. The van der Waals surface area contributed by atoms with Crippen molar-refractivity contribution in [1.82, 2.24) is 15.1 Å². The number of anilines is 1. The third-order valence-electron chi connectivity index (χ3n) is 2.47. The Balaban J connectivity index is 2.05. The molecule has 1 N–H and O–H groups in total. The van der Waals surface area contributed by atoms with Crippen LogP contribution in [-0.4, -0.2) is 41.1 Å². The van der Waals surface area contributed by atoms with Crippen molar-refractivity contribution in [2.24, 2.45) is 0 Å². The van der Waals surface area contributed by atoms with Crippen molar-refractivity contribution < 1.29 is 4.79 Å². The second-order valence-corrected chi connectivity index (χ2v) is 4.49. The van der Waals surface area contributed by atoms with Crippen LogP contribution in [0.1, 0.15) is 29.1 Å². The fourth-order valence-corrected chi connectivity index (χ4v) is 2.31. The van der Waals surface area contributed by atoms with Gasteiger partial charge in [0.15, 0.2) is 0 Å². The molecular weight excluding hydrogens is 212 g/mol. The largest absolute Gasteiger partial charge is 0.363 e. The summed E-state index contributed by atoms with van der Waals surface area (Å²) in [6.45, 7) is 1.71. The zero-order valence-corrected chi connectivity index (χ0v) is 9.51. The summed E-state index contributed by atoms with van der Waals surface area (Å²) in [5, 5.41) is 11.8. The van der Waals surface area contributed by atoms with Crippen LogP contribution in [0.2, 0.25) is 0 Å². The number of nitrogens with one attached hydrogen (secondary N) is 1. The lowest BCUT2D eigenvalue weighted by Crippen LogP contribution is -2.35. The average molecular weight is 226 g/mol. The third-order valence-corrected chi connectivity index (χ3v) is 3.39. The van der Waals surface area contributed by atoms with E-state index in [-0.39, 0.29) is 5.91 Å². The van der Waals surface area contributed by atoms with Gasteiger partial charge in [-0.3, -0.25) is 4.79 Å². The summed E-state index contributed by atoms with van der Waals surface area (Å²) < 4.78 is 0. The molecule has 0 saturated carbocycles. The normalized spacial score (nSPS) is 16.5. The molecule has 0 aromatic carbocycles. The van der Waals surface area contributed by atoms with Crippen molar-refractivity contribution in [3.8, 4) is 0 Å². The summed E-state index contributed by atoms with van der Waals surface area (Å²) in [5.41, 5.74) is 0. The fraction of sp³-hybridized carbons (Fsp3) is 0.667. The Morgan fingerprint density at radius 3 is 2.67 bits per heavy atom. The van der Waals surface area contributed by atoms with Crippen LogP contribution in [0.3, 0.4) is 0 Å². The van der Waals surface area contributed by atoms with Crippen molar-refractivity contribution in [1.29, 1.82) is 0 Å². The number of carbonyl (C=O) groups is 1. The van der Waals surface area contributed by atoms with Gasteiger partial charge in [-0.25, -0.2) is 0 Å². The van der Waals surface area contributed by atoms with Crippen LogP contribution in [0.4, 0.5) is 5.13 Å². The highest BCUT2D eigenvalue weighted by atomic mass is 32.1. The lowest BCUT2D eigenvalue weighted by Gasteiger charge is -2.25.